The first kappa shape index (κ1) is 15.8. The second-order valence-electron chi connectivity index (χ2n) is 6.13. The molecule has 1 aliphatic rings. The summed E-state index contributed by atoms with van der Waals surface area (Å²) in [5.74, 6) is 0.0887. The normalized spacial score (nSPS) is 15.0. The minimum Gasteiger partial charge on any atom is -0.356 e. The van der Waals surface area contributed by atoms with Crippen LogP contribution in [0.1, 0.15) is 18.5 Å². The lowest BCUT2D eigenvalue weighted by Gasteiger charge is -2.12. The zero-order valence-corrected chi connectivity index (χ0v) is 13.9. The molecule has 1 amide bonds. The fourth-order valence-corrected chi connectivity index (χ4v) is 2.89. The van der Waals surface area contributed by atoms with Gasteiger partial charge in [-0.2, -0.15) is 0 Å². The van der Waals surface area contributed by atoms with E-state index in [1.165, 1.54) is 24.3 Å². The largest absolute Gasteiger partial charge is 0.356 e. The van der Waals surface area contributed by atoms with Crippen LogP contribution in [0.5, 0.6) is 0 Å². The van der Waals surface area contributed by atoms with E-state index >= 15 is 0 Å². The highest BCUT2D eigenvalue weighted by molar-refractivity contribution is 6.30. The number of carbonyl (C=O) groups excluding carboxylic acids is 1. The molecule has 4 nitrogen and oxygen atoms in total. The van der Waals surface area contributed by atoms with Crippen LogP contribution in [-0.4, -0.2) is 11.1 Å². The van der Waals surface area contributed by atoms with E-state index in [4.69, 9.17) is 16.1 Å². The second-order valence-corrected chi connectivity index (χ2v) is 6.56. The molecular weight excluding hydrogens is 343 g/mol. The highest BCUT2D eigenvalue weighted by atomic mass is 35.5. The summed E-state index contributed by atoms with van der Waals surface area (Å²) in [6.45, 7) is 0. The van der Waals surface area contributed by atoms with Crippen molar-refractivity contribution in [2.24, 2.45) is 0 Å². The fourth-order valence-electron chi connectivity index (χ4n) is 2.76. The molecule has 0 atom stereocenters. The molecule has 1 fully saturated rings. The van der Waals surface area contributed by atoms with Crippen LogP contribution in [0.25, 0.3) is 11.3 Å². The van der Waals surface area contributed by atoms with E-state index in [-0.39, 0.29) is 11.7 Å². The molecule has 25 heavy (non-hydrogen) atoms. The topological polar surface area (TPSA) is 55.1 Å². The van der Waals surface area contributed by atoms with E-state index in [1.54, 1.807) is 18.2 Å². The number of anilines is 1. The SMILES string of the molecule is O=C(Nc1ccc(F)cc1)C1(c2cc(-c3ccc(Cl)cc3)on2)CC1. The Kier molecular flexibility index (Phi) is 3.81. The summed E-state index contributed by atoms with van der Waals surface area (Å²) in [7, 11) is 0. The lowest BCUT2D eigenvalue weighted by atomic mass is 10.00. The van der Waals surface area contributed by atoms with Gasteiger partial charge >= 0.3 is 0 Å². The van der Waals surface area contributed by atoms with Gasteiger partial charge in [0.05, 0.1) is 11.1 Å². The molecule has 1 aromatic heterocycles. The third-order valence-electron chi connectivity index (χ3n) is 4.42. The Morgan fingerprint density at radius 3 is 2.44 bits per heavy atom. The predicted molar refractivity (Wildman–Crippen MR) is 92.9 cm³/mol. The quantitative estimate of drug-likeness (QED) is 0.730. The Labute approximate surface area is 148 Å². The van der Waals surface area contributed by atoms with Crippen molar-refractivity contribution in [3.63, 3.8) is 0 Å². The molecule has 0 aliphatic heterocycles. The number of rotatable bonds is 4. The van der Waals surface area contributed by atoms with Crippen molar-refractivity contribution in [1.82, 2.24) is 5.16 Å². The number of hydrogen-bond acceptors (Lipinski definition) is 3. The molecule has 1 heterocycles. The van der Waals surface area contributed by atoms with Gasteiger partial charge in [0.1, 0.15) is 5.82 Å². The number of hydrogen-bond donors (Lipinski definition) is 1. The fraction of sp³-hybridized carbons (Fsp3) is 0.158. The van der Waals surface area contributed by atoms with E-state index in [0.717, 1.165) is 5.56 Å². The number of nitrogens with one attached hydrogen (secondary N) is 1. The number of aromatic nitrogens is 1. The van der Waals surface area contributed by atoms with Gasteiger partial charge in [-0.15, -0.1) is 0 Å². The molecule has 2 aromatic carbocycles. The highest BCUT2D eigenvalue weighted by Crippen LogP contribution is 2.49. The number of carbonyl (C=O) groups is 1. The predicted octanol–water partition coefficient (Wildman–Crippen LogP) is 4.80. The van der Waals surface area contributed by atoms with Crippen molar-refractivity contribution >= 4 is 23.2 Å². The lowest BCUT2D eigenvalue weighted by Crippen LogP contribution is -2.28. The first-order chi connectivity index (χ1) is 12.1. The van der Waals surface area contributed by atoms with Crippen molar-refractivity contribution in [3.05, 3.63) is 71.1 Å². The van der Waals surface area contributed by atoms with E-state index in [0.29, 0.717) is 35.0 Å². The number of amides is 1. The van der Waals surface area contributed by atoms with Crippen LogP contribution in [-0.2, 0) is 10.2 Å². The van der Waals surface area contributed by atoms with Gasteiger partial charge < -0.3 is 9.84 Å². The van der Waals surface area contributed by atoms with Crippen LogP contribution in [0, 0.1) is 5.82 Å². The lowest BCUT2D eigenvalue weighted by molar-refractivity contribution is -0.118. The van der Waals surface area contributed by atoms with Crippen LogP contribution < -0.4 is 5.32 Å². The molecule has 0 radical (unpaired) electrons. The molecule has 1 N–H and O–H groups in total. The van der Waals surface area contributed by atoms with Crippen molar-refractivity contribution in [2.45, 2.75) is 18.3 Å². The average Bonchev–Trinajstić information content (AvgIpc) is 3.28. The Bertz CT molecular complexity index is 915. The van der Waals surface area contributed by atoms with Gasteiger partial charge in [0.15, 0.2) is 5.76 Å². The zero-order valence-electron chi connectivity index (χ0n) is 13.1. The van der Waals surface area contributed by atoms with Gasteiger partial charge in [0, 0.05) is 22.3 Å². The van der Waals surface area contributed by atoms with Gasteiger partial charge in [-0.05, 0) is 61.4 Å². The molecule has 1 saturated carbocycles. The molecule has 126 valence electrons. The molecule has 1 aliphatic carbocycles. The number of benzene rings is 2. The van der Waals surface area contributed by atoms with Crippen molar-refractivity contribution in [2.75, 3.05) is 5.32 Å². The van der Waals surface area contributed by atoms with Gasteiger partial charge in [-0.25, -0.2) is 4.39 Å². The van der Waals surface area contributed by atoms with Gasteiger partial charge in [0.2, 0.25) is 5.91 Å². The second kappa shape index (κ2) is 6.01. The van der Waals surface area contributed by atoms with Crippen LogP contribution in [0.4, 0.5) is 10.1 Å². The van der Waals surface area contributed by atoms with Crippen molar-refractivity contribution < 1.29 is 13.7 Å². The molecule has 4 rings (SSSR count). The standard InChI is InChI=1S/C19H14ClFN2O2/c20-13-3-1-12(2-4-13)16-11-17(23-25-16)19(9-10-19)18(24)22-15-7-5-14(21)6-8-15/h1-8,11H,9-10H2,(H,22,24). The van der Waals surface area contributed by atoms with Crippen LogP contribution >= 0.6 is 11.6 Å². The van der Waals surface area contributed by atoms with E-state index in [1.807, 2.05) is 12.1 Å². The summed E-state index contributed by atoms with van der Waals surface area (Å²) >= 11 is 5.89. The third-order valence-corrected chi connectivity index (χ3v) is 4.67. The maximum Gasteiger partial charge on any atom is 0.236 e. The first-order valence-electron chi connectivity index (χ1n) is 7.87. The Morgan fingerprint density at radius 2 is 1.80 bits per heavy atom. The molecule has 0 spiro atoms. The molecule has 0 saturated heterocycles. The average molecular weight is 357 g/mol. The highest BCUT2D eigenvalue weighted by Gasteiger charge is 2.53. The van der Waals surface area contributed by atoms with Crippen LogP contribution in [0.2, 0.25) is 5.02 Å². The monoisotopic (exact) mass is 356 g/mol. The smallest absolute Gasteiger partial charge is 0.236 e. The summed E-state index contributed by atoms with van der Waals surface area (Å²) < 4.78 is 18.4. The maximum absolute atomic E-state index is 13.0. The molecule has 6 heteroatoms. The summed E-state index contributed by atoms with van der Waals surface area (Å²) in [5, 5.41) is 7.56. The van der Waals surface area contributed by atoms with Gasteiger partial charge in [-0.3, -0.25) is 4.79 Å². The van der Waals surface area contributed by atoms with E-state index in [2.05, 4.69) is 10.5 Å². The minimum atomic E-state index is -0.678. The molecular formula is C19H14ClFN2O2. The maximum atomic E-state index is 13.0. The summed E-state index contributed by atoms with van der Waals surface area (Å²) in [5.41, 5.74) is 1.33. The Hall–Kier alpha value is -2.66. The van der Waals surface area contributed by atoms with Crippen molar-refractivity contribution in [1.29, 1.82) is 0 Å². The first-order valence-corrected chi connectivity index (χ1v) is 8.25. The van der Waals surface area contributed by atoms with Crippen molar-refractivity contribution in [3.8, 4) is 11.3 Å². The zero-order chi connectivity index (χ0) is 17.4. The number of nitrogens with zero attached hydrogens (tertiary/aromatic N) is 1. The molecule has 0 bridgehead atoms. The summed E-state index contributed by atoms with van der Waals surface area (Å²) in [6.07, 6.45) is 1.40. The number of halogens is 2. The van der Waals surface area contributed by atoms with E-state index < -0.39 is 5.41 Å². The van der Waals surface area contributed by atoms with Crippen LogP contribution in [0.15, 0.2) is 59.1 Å². The summed E-state index contributed by atoms with van der Waals surface area (Å²) in [4.78, 5) is 12.7. The van der Waals surface area contributed by atoms with E-state index in [9.17, 15) is 9.18 Å². The van der Waals surface area contributed by atoms with Crippen LogP contribution in [0.3, 0.4) is 0 Å². The molecule has 0 unspecified atom stereocenters. The third kappa shape index (κ3) is 3.03. The Morgan fingerprint density at radius 1 is 1.12 bits per heavy atom. The summed E-state index contributed by atoms with van der Waals surface area (Å²) in [6, 6.07) is 14.7. The Balaban J connectivity index is 1.55. The molecule has 3 aromatic rings. The van der Waals surface area contributed by atoms with Gasteiger partial charge in [0.25, 0.3) is 0 Å². The van der Waals surface area contributed by atoms with Gasteiger partial charge in [-0.1, -0.05) is 16.8 Å². The minimum absolute atomic E-state index is 0.157.